The Labute approximate surface area is 97.6 Å². The molecule has 2 aliphatic heterocycles. The van der Waals surface area contributed by atoms with E-state index < -0.39 is 0 Å². The summed E-state index contributed by atoms with van der Waals surface area (Å²) in [5.74, 6) is 0. The number of rotatable bonds is 4. The van der Waals surface area contributed by atoms with E-state index in [2.05, 4.69) is 15.5 Å². The lowest BCUT2D eigenvalue weighted by Gasteiger charge is -2.29. The van der Waals surface area contributed by atoms with Gasteiger partial charge in [0.05, 0.1) is 5.70 Å². The zero-order valence-electron chi connectivity index (χ0n) is 9.84. The molecule has 2 rings (SSSR count). The van der Waals surface area contributed by atoms with Gasteiger partial charge in [-0.05, 0) is 32.2 Å². The molecule has 4 heteroatoms. The van der Waals surface area contributed by atoms with Crippen molar-refractivity contribution < 1.29 is 0 Å². The molecule has 1 unspecified atom stereocenters. The van der Waals surface area contributed by atoms with E-state index in [1.165, 1.54) is 31.9 Å². The molecule has 2 saturated heterocycles. The topological polar surface area (TPSA) is 51.2 Å². The predicted molar refractivity (Wildman–Crippen MR) is 66.7 cm³/mol. The van der Waals surface area contributed by atoms with Crippen LogP contribution in [0, 0.1) is 5.41 Å². The minimum Gasteiger partial charge on any atom is -0.385 e. The van der Waals surface area contributed by atoms with E-state index in [0.29, 0.717) is 6.04 Å². The molecule has 1 atom stereocenters. The molecule has 0 aromatic rings. The number of nitrogens with zero attached hydrogens (tertiary/aromatic N) is 1. The normalized spacial score (nSPS) is 26.9. The first-order valence-electron chi connectivity index (χ1n) is 6.32. The number of allylic oxidation sites excluding steroid dienone is 1. The molecule has 3 N–H and O–H groups in total. The quantitative estimate of drug-likeness (QED) is 0.620. The fraction of sp³-hybridized carbons (Fsp3) is 0.750. The molecule has 0 radical (unpaired) electrons. The lowest BCUT2D eigenvalue weighted by atomic mass is 10.1. The van der Waals surface area contributed by atoms with Gasteiger partial charge in [-0.15, -0.1) is 0 Å². The van der Waals surface area contributed by atoms with Gasteiger partial charge < -0.3 is 20.9 Å². The van der Waals surface area contributed by atoms with Crippen molar-refractivity contribution >= 4 is 6.21 Å². The zero-order chi connectivity index (χ0) is 11.2. The van der Waals surface area contributed by atoms with Crippen LogP contribution in [0.2, 0.25) is 0 Å². The molecule has 2 fully saturated rings. The monoisotopic (exact) mass is 222 g/mol. The Balaban J connectivity index is 1.86. The van der Waals surface area contributed by atoms with Gasteiger partial charge in [0.25, 0.3) is 0 Å². The number of hydrogen-bond acceptors (Lipinski definition) is 4. The first-order valence-corrected chi connectivity index (χ1v) is 6.32. The second kappa shape index (κ2) is 5.89. The summed E-state index contributed by atoms with van der Waals surface area (Å²) in [7, 11) is 0. The van der Waals surface area contributed by atoms with Crippen LogP contribution in [-0.4, -0.2) is 43.3 Å². The lowest BCUT2D eigenvalue weighted by molar-refractivity contribution is 0.296. The zero-order valence-corrected chi connectivity index (χ0v) is 9.84. The van der Waals surface area contributed by atoms with Gasteiger partial charge in [0.1, 0.15) is 0 Å². The second-order valence-corrected chi connectivity index (χ2v) is 4.62. The van der Waals surface area contributed by atoms with Crippen LogP contribution >= 0.6 is 0 Å². The van der Waals surface area contributed by atoms with E-state index in [0.717, 1.165) is 31.9 Å². The number of piperidine rings is 1. The SMILES string of the molecule is N=C/C(=C\NC1CCNC1)N1CCCCC1. The summed E-state index contributed by atoms with van der Waals surface area (Å²) in [6.45, 7) is 4.36. The van der Waals surface area contributed by atoms with Crippen molar-refractivity contribution in [2.45, 2.75) is 31.7 Å². The number of likely N-dealkylation sites (tertiary alicyclic amines) is 1. The predicted octanol–water partition coefficient (Wildman–Crippen LogP) is 0.915. The van der Waals surface area contributed by atoms with Gasteiger partial charge in [-0.2, -0.15) is 0 Å². The minimum atomic E-state index is 0.541. The van der Waals surface area contributed by atoms with Crippen LogP contribution < -0.4 is 10.6 Å². The van der Waals surface area contributed by atoms with Crippen molar-refractivity contribution in [2.24, 2.45) is 0 Å². The Morgan fingerprint density at radius 2 is 2.12 bits per heavy atom. The maximum absolute atomic E-state index is 7.48. The van der Waals surface area contributed by atoms with Crippen LogP contribution in [0.25, 0.3) is 0 Å². The fourth-order valence-corrected chi connectivity index (χ4v) is 2.38. The molecular weight excluding hydrogens is 200 g/mol. The Bertz CT molecular complexity index is 250. The summed E-state index contributed by atoms with van der Waals surface area (Å²) in [5.41, 5.74) is 1.03. The minimum absolute atomic E-state index is 0.541. The van der Waals surface area contributed by atoms with E-state index >= 15 is 0 Å². The van der Waals surface area contributed by atoms with Crippen LogP contribution in [-0.2, 0) is 0 Å². The third-order valence-corrected chi connectivity index (χ3v) is 3.40. The first-order chi connectivity index (χ1) is 7.90. The molecule has 0 aliphatic carbocycles. The smallest absolute Gasteiger partial charge is 0.0704 e. The average Bonchev–Trinajstić information content (AvgIpc) is 2.84. The first kappa shape index (κ1) is 11.5. The second-order valence-electron chi connectivity index (χ2n) is 4.62. The third-order valence-electron chi connectivity index (χ3n) is 3.40. The van der Waals surface area contributed by atoms with E-state index in [1.54, 1.807) is 0 Å². The van der Waals surface area contributed by atoms with Crippen LogP contribution in [0.1, 0.15) is 25.7 Å². The van der Waals surface area contributed by atoms with Crippen molar-refractivity contribution in [3.8, 4) is 0 Å². The molecule has 0 saturated carbocycles. The molecule has 0 bridgehead atoms. The molecule has 0 aromatic carbocycles. The standard InChI is InChI=1S/C12H22N4/c13-8-12(16-6-2-1-3-7-16)10-15-11-4-5-14-9-11/h8,10-11,13-15H,1-7,9H2/b12-10+,13-8?. The van der Waals surface area contributed by atoms with E-state index in [-0.39, 0.29) is 0 Å². The van der Waals surface area contributed by atoms with Gasteiger partial charge in [0, 0.05) is 38.1 Å². The van der Waals surface area contributed by atoms with Crippen molar-refractivity contribution in [3.63, 3.8) is 0 Å². The van der Waals surface area contributed by atoms with Crippen LogP contribution in [0.3, 0.4) is 0 Å². The van der Waals surface area contributed by atoms with E-state index in [4.69, 9.17) is 5.41 Å². The van der Waals surface area contributed by atoms with Gasteiger partial charge in [-0.3, -0.25) is 0 Å². The summed E-state index contributed by atoms with van der Waals surface area (Å²) >= 11 is 0. The van der Waals surface area contributed by atoms with E-state index in [1.807, 2.05) is 6.20 Å². The molecular formula is C12H22N4. The molecule has 0 spiro atoms. The largest absolute Gasteiger partial charge is 0.385 e. The summed E-state index contributed by atoms with van der Waals surface area (Å²) in [6, 6.07) is 0.541. The van der Waals surface area contributed by atoms with Gasteiger partial charge >= 0.3 is 0 Å². The Morgan fingerprint density at radius 3 is 2.75 bits per heavy atom. The van der Waals surface area contributed by atoms with Crippen molar-refractivity contribution in [2.75, 3.05) is 26.2 Å². The van der Waals surface area contributed by atoms with Gasteiger partial charge in [-0.1, -0.05) is 0 Å². The maximum atomic E-state index is 7.48. The highest BCUT2D eigenvalue weighted by Gasteiger charge is 2.14. The number of hydrogen-bond donors (Lipinski definition) is 3. The lowest BCUT2D eigenvalue weighted by Crippen LogP contribution is -2.33. The van der Waals surface area contributed by atoms with Gasteiger partial charge in [0.2, 0.25) is 0 Å². The average molecular weight is 222 g/mol. The highest BCUT2D eigenvalue weighted by molar-refractivity contribution is 5.74. The van der Waals surface area contributed by atoms with Crippen molar-refractivity contribution in [1.82, 2.24) is 15.5 Å². The summed E-state index contributed by atoms with van der Waals surface area (Å²) in [6.07, 6.45) is 8.53. The Morgan fingerprint density at radius 1 is 1.31 bits per heavy atom. The molecule has 2 aliphatic rings. The van der Waals surface area contributed by atoms with Crippen molar-refractivity contribution in [3.05, 3.63) is 11.9 Å². The molecule has 90 valence electrons. The highest BCUT2D eigenvalue weighted by Crippen LogP contribution is 2.13. The summed E-state index contributed by atoms with van der Waals surface area (Å²) < 4.78 is 0. The maximum Gasteiger partial charge on any atom is 0.0704 e. The van der Waals surface area contributed by atoms with Gasteiger partial charge in [-0.25, -0.2) is 0 Å². The van der Waals surface area contributed by atoms with Gasteiger partial charge in [0.15, 0.2) is 0 Å². The molecule has 2 heterocycles. The molecule has 0 aromatic heterocycles. The van der Waals surface area contributed by atoms with Crippen LogP contribution in [0.5, 0.6) is 0 Å². The van der Waals surface area contributed by atoms with Crippen LogP contribution in [0.15, 0.2) is 11.9 Å². The summed E-state index contributed by atoms with van der Waals surface area (Å²) in [4.78, 5) is 2.31. The van der Waals surface area contributed by atoms with Crippen LogP contribution in [0.4, 0.5) is 0 Å². The third kappa shape index (κ3) is 2.98. The summed E-state index contributed by atoms with van der Waals surface area (Å²) in [5, 5.41) is 14.2. The molecule has 0 amide bonds. The Kier molecular flexibility index (Phi) is 4.22. The fourth-order valence-electron chi connectivity index (χ4n) is 2.38. The molecule has 16 heavy (non-hydrogen) atoms. The Hall–Kier alpha value is -1.03. The molecule has 4 nitrogen and oxygen atoms in total. The van der Waals surface area contributed by atoms with E-state index in [9.17, 15) is 0 Å². The van der Waals surface area contributed by atoms with Crippen molar-refractivity contribution in [1.29, 1.82) is 5.41 Å². The number of nitrogens with one attached hydrogen (secondary N) is 3. The highest BCUT2D eigenvalue weighted by atomic mass is 15.2.